The van der Waals surface area contributed by atoms with Crippen molar-refractivity contribution >= 4 is 28.3 Å². The lowest BCUT2D eigenvalue weighted by atomic mass is 10.3. The quantitative estimate of drug-likeness (QED) is 0.807. The molecule has 4 nitrogen and oxygen atoms in total. The van der Waals surface area contributed by atoms with E-state index < -0.39 is 17.6 Å². The highest BCUT2D eigenvalue weighted by molar-refractivity contribution is 7.13. The van der Waals surface area contributed by atoms with Crippen LogP contribution in [0.15, 0.2) is 29.6 Å². The number of benzene rings is 1. The van der Waals surface area contributed by atoms with Gasteiger partial charge in [0.2, 0.25) is 0 Å². The first-order chi connectivity index (χ1) is 9.56. The van der Waals surface area contributed by atoms with Gasteiger partial charge in [0.15, 0.2) is 17.5 Å². The SMILES string of the molecule is O=C(O)Cn1c(-c2cccs2)nc2cc(F)c(F)cc21. The number of thiophene rings is 1. The van der Waals surface area contributed by atoms with Crippen molar-refractivity contribution in [2.45, 2.75) is 6.54 Å². The second-order valence-corrected chi connectivity index (χ2v) is 5.10. The van der Waals surface area contributed by atoms with Crippen molar-refractivity contribution in [3.8, 4) is 10.7 Å². The van der Waals surface area contributed by atoms with Gasteiger partial charge in [0.05, 0.1) is 15.9 Å². The maximum absolute atomic E-state index is 13.4. The molecule has 0 spiro atoms. The number of carboxylic acid groups (broad SMARTS) is 1. The van der Waals surface area contributed by atoms with Gasteiger partial charge in [0.1, 0.15) is 6.54 Å². The van der Waals surface area contributed by atoms with Crippen LogP contribution in [0.3, 0.4) is 0 Å². The van der Waals surface area contributed by atoms with Gasteiger partial charge in [-0.25, -0.2) is 13.8 Å². The fraction of sp³-hybridized carbons (Fsp3) is 0.0769. The van der Waals surface area contributed by atoms with E-state index in [-0.39, 0.29) is 17.6 Å². The standard InChI is InChI=1S/C13H8F2N2O2S/c14-7-4-9-10(5-8(7)15)17(6-12(18)19)13(16-9)11-2-1-3-20-11/h1-5H,6H2,(H,18,19). The van der Waals surface area contributed by atoms with Crippen LogP contribution in [0.4, 0.5) is 8.78 Å². The van der Waals surface area contributed by atoms with Crippen molar-refractivity contribution in [1.29, 1.82) is 0 Å². The summed E-state index contributed by atoms with van der Waals surface area (Å²) in [5, 5.41) is 10.8. The summed E-state index contributed by atoms with van der Waals surface area (Å²) in [6.07, 6.45) is 0. The molecule has 0 bridgehead atoms. The van der Waals surface area contributed by atoms with Gasteiger partial charge in [0.25, 0.3) is 0 Å². The number of aromatic nitrogens is 2. The molecule has 0 fully saturated rings. The first kappa shape index (κ1) is 12.7. The van der Waals surface area contributed by atoms with Crippen LogP contribution in [-0.2, 0) is 11.3 Å². The Morgan fingerprint density at radius 1 is 1.35 bits per heavy atom. The van der Waals surface area contributed by atoms with E-state index in [0.29, 0.717) is 5.82 Å². The minimum Gasteiger partial charge on any atom is -0.480 e. The van der Waals surface area contributed by atoms with Crippen LogP contribution in [0.1, 0.15) is 0 Å². The van der Waals surface area contributed by atoms with Gasteiger partial charge in [-0.1, -0.05) is 6.07 Å². The number of carbonyl (C=O) groups is 1. The maximum atomic E-state index is 13.4. The van der Waals surface area contributed by atoms with Gasteiger partial charge >= 0.3 is 5.97 Å². The number of rotatable bonds is 3. The minimum absolute atomic E-state index is 0.230. The van der Waals surface area contributed by atoms with Crippen molar-refractivity contribution in [1.82, 2.24) is 9.55 Å². The lowest BCUT2D eigenvalue weighted by molar-refractivity contribution is -0.137. The average molecular weight is 294 g/mol. The van der Waals surface area contributed by atoms with Crippen molar-refractivity contribution < 1.29 is 18.7 Å². The van der Waals surface area contributed by atoms with Crippen molar-refractivity contribution in [3.05, 3.63) is 41.3 Å². The topological polar surface area (TPSA) is 55.1 Å². The number of carboxylic acids is 1. The Labute approximate surface area is 115 Å². The first-order valence-corrected chi connectivity index (χ1v) is 6.55. The molecule has 1 aromatic carbocycles. The smallest absolute Gasteiger partial charge is 0.323 e. The van der Waals surface area contributed by atoms with Crippen LogP contribution in [0.5, 0.6) is 0 Å². The zero-order valence-corrected chi connectivity index (χ0v) is 10.8. The van der Waals surface area contributed by atoms with E-state index in [9.17, 15) is 13.6 Å². The Bertz CT molecular complexity index is 796. The Morgan fingerprint density at radius 2 is 2.10 bits per heavy atom. The molecule has 3 rings (SSSR count). The predicted molar refractivity (Wildman–Crippen MR) is 70.6 cm³/mol. The number of imidazole rings is 1. The number of fused-ring (bicyclic) bond motifs is 1. The second kappa shape index (κ2) is 4.68. The van der Waals surface area contributed by atoms with Crippen molar-refractivity contribution in [3.63, 3.8) is 0 Å². The zero-order valence-electron chi connectivity index (χ0n) is 10.0. The van der Waals surface area contributed by atoms with Crippen LogP contribution in [-0.4, -0.2) is 20.6 Å². The van der Waals surface area contributed by atoms with E-state index >= 15 is 0 Å². The molecule has 2 heterocycles. The molecule has 0 saturated carbocycles. The Morgan fingerprint density at radius 3 is 2.75 bits per heavy atom. The molecular weight excluding hydrogens is 286 g/mol. The summed E-state index contributed by atoms with van der Waals surface area (Å²) >= 11 is 1.38. The fourth-order valence-corrected chi connectivity index (χ4v) is 2.73. The molecule has 0 aliphatic rings. The van der Waals surface area contributed by atoms with Crippen molar-refractivity contribution in [2.24, 2.45) is 0 Å². The largest absolute Gasteiger partial charge is 0.480 e. The number of hydrogen-bond donors (Lipinski definition) is 1. The Balaban J connectivity index is 2.30. The summed E-state index contributed by atoms with van der Waals surface area (Å²) in [6, 6.07) is 5.51. The number of nitrogens with zero attached hydrogens (tertiary/aromatic N) is 2. The van der Waals surface area contributed by atoms with Crippen LogP contribution < -0.4 is 0 Å². The zero-order chi connectivity index (χ0) is 14.3. The van der Waals surface area contributed by atoms with Gasteiger partial charge < -0.3 is 9.67 Å². The van der Waals surface area contributed by atoms with Crippen LogP contribution in [0.2, 0.25) is 0 Å². The monoisotopic (exact) mass is 294 g/mol. The Kier molecular flexibility index (Phi) is 2.98. The van der Waals surface area contributed by atoms with Crippen LogP contribution >= 0.6 is 11.3 Å². The number of halogens is 2. The van der Waals surface area contributed by atoms with Crippen molar-refractivity contribution in [2.75, 3.05) is 0 Å². The summed E-state index contributed by atoms with van der Waals surface area (Å²) in [5.74, 6) is -2.72. The predicted octanol–water partition coefficient (Wildman–Crippen LogP) is 3.13. The third-order valence-electron chi connectivity index (χ3n) is 2.83. The molecule has 0 aliphatic heterocycles. The van der Waals surface area contributed by atoms with E-state index in [0.717, 1.165) is 17.0 Å². The molecule has 2 aromatic heterocycles. The summed E-state index contributed by atoms with van der Waals surface area (Å²) in [5.41, 5.74) is 0.489. The summed E-state index contributed by atoms with van der Waals surface area (Å²) in [7, 11) is 0. The number of aliphatic carboxylic acids is 1. The lowest BCUT2D eigenvalue weighted by Gasteiger charge is -2.04. The minimum atomic E-state index is -1.08. The normalized spacial score (nSPS) is 11.1. The van der Waals surface area contributed by atoms with Crippen LogP contribution in [0, 0.1) is 11.6 Å². The highest BCUT2D eigenvalue weighted by Gasteiger charge is 2.17. The van der Waals surface area contributed by atoms with Crippen LogP contribution in [0.25, 0.3) is 21.7 Å². The molecule has 0 amide bonds. The van der Waals surface area contributed by atoms with Gasteiger partial charge in [-0.15, -0.1) is 11.3 Å². The van der Waals surface area contributed by atoms with Gasteiger partial charge in [-0.2, -0.15) is 0 Å². The molecular formula is C13H8F2N2O2S. The molecule has 0 aliphatic carbocycles. The molecule has 20 heavy (non-hydrogen) atoms. The molecule has 3 aromatic rings. The summed E-state index contributed by atoms with van der Waals surface area (Å²) in [6.45, 7) is -0.366. The Hall–Kier alpha value is -2.28. The fourth-order valence-electron chi connectivity index (χ4n) is 2.01. The molecule has 0 radical (unpaired) electrons. The molecule has 7 heteroatoms. The second-order valence-electron chi connectivity index (χ2n) is 4.15. The lowest BCUT2D eigenvalue weighted by Crippen LogP contribution is -2.09. The van der Waals surface area contributed by atoms with Gasteiger partial charge in [-0.05, 0) is 11.4 Å². The maximum Gasteiger partial charge on any atom is 0.323 e. The molecule has 102 valence electrons. The van der Waals surface area contributed by atoms with E-state index in [1.807, 2.05) is 5.38 Å². The van der Waals surface area contributed by atoms with E-state index in [4.69, 9.17) is 5.11 Å². The molecule has 0 unspecified atom stereocenters. The highest BCUT2D eigenvalue weighted by atomic mass is 32.1. The third kappa shape index (κ3) is 2.05. The molecule has 0 atom stereocenters. The molecule has 1 N–H and O–H groups in total. The third-order valence-corrected chi connectivity index (χ3v) is 3.69. The van der Waals surface area contributed by atoms with Gasteiger partial charge in [-0.3, -0.25) is 4.79 Å². The van der Waals surface area contributed by atoms with E-state index in [2.05, 4.69) is 4.98 Å². The van der Waals surface area contributed by atoms with E-state index in [1.165, 1.54) is 15.9 Å². The number of hydrogen-bond acceptors (Lipinski definition) is 3. The first-order valence-electron chi connectivity index (χ1n) is 5.67. The van der Waals surface area contributed by atoms with Gasteiger partial charge in [0, 0.05) is 12.1 Å². The summed E-state index contributed by atoms with van der Waals surface area (Å²) in [4.78, 5) is 15.9. The highest BCUT2D eigenvalue weighted by Crippen LogP contribution is 2.29. The molecule has 0 saturated heterocycles. The van der Waals surface area contributed by atoms with E-state index in [1.54, 1.807) is 12.1 Å². The summed E-state index contributed by atoms with van der Waals surface area (Å²) < 4.78 is 28.0. The average Bonchev–Trinajstić information content (AvgIpc) is 2.99.